The quantitative estimate of drug-likeness (QED) is 0.798. The number of nitrogens with one attached hydrogen (secondary N) is 2. The Morgan fingerprint density at radius 3 is 3.06 bits per heavy atom. The molecular weight excluding hydrogens is 204 g/mol. The molecule has 1 heterocycles. The first-order valence-electron chi connectivity index (χ1n) is 5.06. The Hall–Kier alpha value is -1.88. The number of imidazole rings is 1. The molecular formula is C11H14N4O. The zero-order chi connectivity index (χ0) is 11.5. The third-order valence-electron chi connectivity index (χ3n) is 2.35. The van der Waals surface area contributed by atoms with E-state index in [1.54, 1.807) is 13.4 Å². The monoisotopic (exact) mass is 218 g/mol. The van der Waals surface area contributed by atoms with E-state index >= 15 is 0 Å². The number of likely N-dealkylation sites (N-methyl/N-ethyl adjacent to an activating group) is 1. The van der Waals surface area contributed by atoms with Crippen molar-refractivity contribution in [3.05, 3.63) is 24.5 Å². The Morgan fingerprint density at radius 2 is 2.31 bits per heavy atom. The lowest BCUT2D eigenvalue weighted by Crippen LogP contribution is -2.24. The Bertz CT molecular complexity index is 518. The molecule has 1 aromatic heterocycles. The SMILES string of the molecule is CNCC(=O)Nc1ccc2c(c1)ncn2C. The Labute approximate surface area is 93.5 Å². The molecule has 0 aliphatic rings. The van der Waals surface area contributed by atoms with Gasteiger partial charge in [0, 0.05) is 12.7 Å². The molecule has 84 valence electrons. The predicted octanol–water partition coefficient (Wildman–Crippen LogP) is 0.731. The first-order chi connectivity index (χ1) is 7.70. The molecule has 5 heteroatoms. The largest absolute Gasteiger partial charge is 0.334 e. The number of aromatic nitrogens is 2. The first kappa shape index (κ1) is 10.6. The number of nitrogens with zero attached hydrogens (tertiary/aromatic N) is 2. The highest BCUT2D eigenvalue weighted by Crippen LogP contribution is 2.17. The van der Waals surface area contributed by atoms with Gasteiger partial charge in [0.15, 0.2) is 0 Å². The van der Waals surface area contributed by atoms with Crippen LogP contribution in [0.5, 0.6) is 0 Å². The maximum absolute atomic E-state index is 11.4. The van der Waals surface area contributed by atoms with Crippen LogP contribution in [0.3, 0.4) is 0 Å². The normalized spacial score (nSPS) is 10.6. The smallest absolute Gasteiger partial charge is 0.238 e. The number of rotatable bonds is 3. The number of hydrogen-bond acceptors (Lipinski definition) is 3. The summed E-state index contributed by atoms with van der Waals surface area (Å²) in [5, 5.41) is 5.59. The summed E-state index contributed by atoms with van der Waals surface area (Å²) in [7, 11) is 3.68. The van der Waals surface area contributed by atoms with Crippen LogP contribution in [0, 0.1) is 0 Å². The molecule has 0 saturated carbocycles. The van der Waals surface area contributed by atoms with Crippen LogP contribution in [0.4, 0.5) is 5.69 Å². The summed E-state index contributed by atoms with van der Waals surface area (Å²) in [4.78, 5) is 15.6. The number of benzene rings is 1. The van der Waals surface area contributed by atoms with Crippen LogP contribution in [0.1, 0.15) is 0 Å². The summed E-state index contributed by atoms with van der Waals surface area (Å²) in [6.45, 7) is 0.306. The van der Waals surface area contributed by atoms with Crippen molar-refractivity contribution in [1.82, 2.24) is 14.9 Å². The van der Waals surface area contributed by atoms with Crippen molar-refractivity contribution in [1.29, 1.82) is 0 Å². The van der Waals surface area contributed by atoms with Gasteiger partial charge in [-0.15, -0.1) is 0 Å². The zero-order valence-electron chi connectivity index (χ0n) is 9.32. The standard InChI is InChI=1S/C11H14N4O/c1-12-6-11(16)14-8-3-4-10-9(5-8)13-7-15(10)2/h3-5,7,12H,6H2,1-2H3,(H,14,16). The predicted molar refractivity (Wildman–Crippen MR) is 63.3 cm³/mol. The summed E-state index contributed by atoms with van der Waals surface area (Å²) in [5.41, 5.74) is 2.70. The molecule has 2 N–H and O–H groups in total. The highest BCUT2D eigenvalue weighted by Gasteiger charge is 2.03. The molecule has 0 saturated heterocycles. The van der Waals surface area contributed by atoms with Gasteiger partial charge in [-0.3, -0.25) is 4.79 Å². The fourth-order valence-electron chi connectivity index (χ4n) is 1.58. The van der Waals surface area contributed by atoms with Crippen molar-refractivity contribution < 1.29 is 4.79 Å². The van der Waals surface area contributed by atoms with Gasteiger partial charge in [-0.25, -0.2) is 4.98 Å². The molecule has 1 amide bonds. The molecule has 0 radical (unpaired) electrons. The van der Waals surface area contributed by atoms with E-state index < -0.39 is 0 Å². The molecule has 2 rings (SSSR count). The number of amides is 1. The van der Waals surface area contributed by atoms with Crippen LogP contribution < -0.4 is 10.6 Å². The summed E-state index contributed by atoms with van der Waals surface area (Å²) in [5.74, 6) is -0.0576. The maximum atomic E-state index is 11.4. The second-order valence-electron chi connectivity index (χ2n) is 3.64. The Balaban J connectivity index is 2.23. The van der Waals surface area contributed by atoms with E-state index in [-0.39, 0.29) is 5.91 Å². The Morgan fingerprint density at radius 1 is 1.50 bits per heavy atom. The van der Waals surface area contributed by atoms with Gasteiger partial charge in [0.25, 0.3) is 0 Å². The van der Waals surface area contributed by atoms with Gasteiger partial charge < -0.3 is 15.2 Å². The second kappa shape index (κ2) is 4.32. The van der Waals surface area contributed by atoms with Crippen molar-refractivity contribution in [2.24, 2.45) is 7.05 Å². The third-order valence-corrected chi connectivity index (χ3v) is 2.35. The van der Waals surface area contributed by atoms with Crippen molar-refractivity contribution in [3.63, 3.8) is 0 Å². The van der Waals surface area contributed by atoms with Crippen LogP contribution in [-0.4, -0.2) is 29.1 Å². The van der Waals surface area contributed by atoms with Crippen molar-refractivity contribution in [2.75, 3.05) is 18.9 Å². The lowest BCUT2D eigenvalue weighted by Gasteiger charge is -2.04. The number of aryl methyl sites for hydroxylation is 1. The average molecular weight is 218 g/mol. The topological polar surface area (TPSA) is 59.0 Å². The molecule has 0 bridgehead atoms. The molecule has 0 atom stereocenters. The van der Waals surface area contributed by atoms with Crippen molar-refractivity contribution in [3.8, 4) is 0 Å². The van der Waals surface area contributed by atoms with Crippen LogP contribution in [0.15, 0.2) is 24.5 Å². The van der Waals surface area contributed by atoms with Gasteiger partial charge in [-0.1, -0.05) is 0 Å². The zero-order valence-corrected chi connectivity index (χ0v) is 9.32. The summed E-state index contributed by atoms with van der Waals surface area (Å²) < 4.78 is 1.94. The van der Waals surface area contributed by atoms with Crippen LogP contribution in [0.25, 0.3) is 11.0 Å². The van der Waals surface area contributed by atoms with Crippen molar-refractivity contribution >= 4 is 22.6 Å². The minimum atomic E-state index is -0.0576. The second-order valence-corrected chi connectivity index (χ2v) is 3.64. The molecule has 0 aliphatic carbocycles. The molecule has 0 spiro atoms. The average Bonchev–Trinajstić information content (AvgIpc) is 2.60. The van der Waals surface area contributed by atoms with Gasteiger partial charge in [0.05, 0.1) is 23.9 Å². The minimum Gasteiger partial charge on any atom is -0.334 e. The molecule has 0 fully saturated rings. The number of carbonyl (C=O) groups is 1. The van der Waals surface area contributed by atoms with E-state index in [4.69, 9.17) is 0 Å². The highest BCUT2D eigenvalue weighted by atomic mass is 16.1. The number of anilines is 1. The molecule has 0 unspecified atom stereocenters. The maximum Gasteiger partial charge on any atom is 0.238 e. The molecule has 0 aliphatic heterocycles. The van der Waals surface area contributed by atoms with Gasteiger partial charge >= 0.3 is 0 Å². The van der Waals surface area contributed by atoms with Crippen molar-refractivity contribution in [2.45, 2.75) is 0 Å². The highest BCUT2D eigenvalue weighted by molar-refractivity contribution is 5.94. The summed E-state index contributed by atoms with van der Waals surface area (Å²) in [6.07, 6.45) is 1.75. The van der Waals surface area contributed by atoms with E-state index in [0.717, 1.165) is 16.7 Å². The van der Waals surface area contributed by atoms with E-state index in [2.05, 4.69) is 15.6 Å². The fraction of sp³-hybridized carbons (Fsp3) is 0.273. The van der Waals surface area contributed by atoms with Gasteiger partial charge in [-0.05, 0) is 25.2 Å². The van der Waals surface area contributed by atoms with E-state index in [1.807, 2.05) is 29.8 Å². The van der Waals surface area contributed by atoms with E-state index in [9.17, 15) is 4.79 Å². The minimum absolute atomic E-state index is 0.0576. The van der Waals surface area contributed by atoms with Crippen LogP contribution in [-0.2, 0) is 11.8 Å². The molecule has 16 heavy (non-hydrogen) atoms. The molecule has 1 aromatic carbocycles. The molecule has 5 nitrogen and oxygen atoms in total. The van der Waals surface area contributed by atoms with Crippen LogP contribution >= 0.6 is 0 Å². The summed E-state index contributed by atoms with van der Waals surface area (Å²) >= 11 is 0. The van der Waals surface area contributed by atoms with Crippen LogP contribution in [0.2, 0.25) is 0 Å². The number of fused-ring (bicyclic) bond motifs is 1. The summed E-state index contributed by atoms with van der Waals surface area (Å²) in [6, 6.07) is 5.68. The lowest BCUT2D eigenvalue weighted by molar-refractivity contribution is -0.115. The first-order valence-corrected chi connectivity index (χ1v) is 5.06. The lowest BCUT2D eigenvalue weighted by atomic mass is 10.2. The van der Waals surface area contributed by atoms with E-state index in [1.165, 1.54) is 0 Å². The Kier molecular flexibility index (Phi) is 2.87. The number of carbonyl (C=O) groups excluding carboxylic acids is 1. The van der Waals surface area contributed by atoms with E-state index in [0.29, 0.717) is 6.54 Å². The fourth-order valence-corrected chi connectivity index (χ4v) is 1.58. The van der Waals surface area contributed by atoms with Gasteiger partial charge in [0.2, 0.25) is 5.91 Å². The third kappa shape index (κ3) is 2.04. The molecule has 2 aromatic rings. The number of hydrogen-bond donors (Lipinski definition) is 2. The van der Waals surface area contributed by atoms with Gasteiger partial charge in [-0.2, -0.15) is 0 Å². The van der Waals surface area contributed by atoms with Gasteiger partial charge in [0.1, 0.15) is 0 Å².